The van der Waals surface area contributed by atoms with E-state index in [1.54, 1.807) is 11.8 Å². The lowest BCUT2D eigenvalue weighted by Crippen LogP contribution is -2.25. The number of hydrogen-bond acceptors (Lipinski definition) is 6. The van der Waals surface area contributed by atoms with Gasteiger partial charge in [0.1, 0.15) is 0 Å². The second kappa shape index (κ2) is 11.9. The Morgan fingerprint density at radius 2 is 1.51 bits per heavy atom. The van der Waals surface area contributed by atoms with Crippen LogP contribution in [-0.4, -0.2) is 47.5 Å². The highest BCUT2D eigenvalue weighted by Gasteiger charge is 2.19. The van der Waals surface area contributed by atoms with Gasteiger partial charge in [0.05, 0.1) is 11.4 Å². The summed E-state index contributed by atoms with van der Waals surface area (Å²) in [6, 6.07) is 21.7. The number of nitrogens with one attached hydrogen (secondary N) is 1. The van der Waals surface area contributed by atoms with Crippen molar-refractivity contribution in [2.75, 3.05) is 14.1 Å². The van der Waals surface area contributed by atoms with Gasteiger partial charge in [-0.25, -0.2) is 12.7 Å². The van der Waals surface area contributed by atoms with Crippen LogP contribution in [0.2, 0.25) is 0 Å². The molecule has 1 N–H and O–H groups in total. The second-order valence-electron chi connectivity index (χ2n) is 8.12. The topological polar surface area (TPSA) is 97.2 Å². The Kier molecular flexibility index (Phi) is 8.86. The number of sulfonamides is 1. The number of thioether (sulfide) groups is 1. The Balaban J connectivity index is 1.52. The third kappa shape index (κ3) is 6.68. The molecule has 4 rings (SSSR count). The van der Waals surface area contributed by atoms with E-state index in [4.69, 9.17) is 0 Å². The molecule has 0 radical (unpaired) electrons. The first-order valence-corrected chi connectivity index (χ1v) is 15.0. The van der Waals surface area contributed by atoms with Crippen LogP contribution in [0, 0.1) is 0 Å². The predicted octanol–water partition coefficient (Wildman–Crippen LogP) is 5.26. The van der Waals surface area contributed by atoms with Crippen LogP contribution in [-0.2, 0) is 22.3 Å². The zero-order valence-corrected chi connectivity index (χ0v) is 24.7. The van der Waals surface area contributed by atoms with Crippen molar-refractivity contribution in [2.45, 2.75) is 22.3 Å². The minimum absolute atomic E-state index is 0.122. The van der Waals surface area contributed by atoms with Gasteiger partial charge < -0.3 is 5.32 Å². The normalized spacial score (nSPS) is 11.6. The molecule has 0 bridgehead atoms. The molecule has 0 atom stereocenters. The minimum atomic E-state index is -3.57. The maximum Gasteiger partial charge on any atom is 0.251 e. The van der Waals surface area contributed by atoms with Crippen LogP contribution in [0.25, 0.3) is 5.69 Å². The van der Waals surface area contributed by atoms with Gasteiger partial charge in [0.25, 0.3) is 5.91 Å². The summed E-state index contributed by atoms with van der Waals surface area (Å²) in [5.74, 6) is 0.931. The molecule has 0 spiro atoms. The quantitative estimate of drug-likeness (QED) is 0.245. The summed E-state index contributed by atoms with van der Waals surface area (Å²) in [6.07, 6.45) is 0. The molecule has 12 heteroatoms. The average Bonchev–Trinajstić information content (AvgIpc) is 3.30. The molecule has 0 saturated carbocycles. The van der Waals surface area contributed by atoms with E-state index in [0.717, 1.165) is 24.5 Å². The maximum atomic E-state index is 12.8. The minimum Gasteiger partial charge on any atom is -0.345 e. The molecule has 0 fully saturated rings. The zero-order chi connectivity index (χ0) is 26.6. The molecule has 1 heterocycles. The number of nitrogens with zero attached hydrogens (tertiary/aromatic N) is 4. The van der Waals surface area contributed by atoms with Crippen molar-refractivity contribution >= 4 is 59.6 Å². The van der Waals surface area contributed by atoms with Crippen LogP contribution in [0.15, 0.2) is 91.8 Å². The van der Waals surface area contributed by atoms with Crippen molar-refractivity contribution in [1.82, 2.24) is 24.4 Å². The van der Waals surface area contributed by atoms with E-state index in [1.807, 2.05) is 53.1 Å². The van der Waals surface area contributed by atoms with Crippen molar-refractivity contribution in [3.63, 3.8) is 0 Å². The van der Waals surface area contributed by atoms with Crippen LogP contribution in [0.1, 0.15) is 21.7 Å². The third-order valence-corrected chi connectivity index (χ3v) is 9.26. The molecule has 37 heavy (non-hydrogen) atoms. The van der Waals surface area contributed by atoms with Crippen molar-refractivity contribution in [3.05, 3.63) is 98.7 Å². The molecule has 0 aliphatic carbocycles. The number of rotatable bonds is 9. The lowest BCUT2D eigenvalue weighted by molar-refractivity contribution is 0.0949. The molecule has 0 unspecified atom stereocenters. The first kappa shape index (κ1) is 27.5. The van der Waals surface area contributed by atoms with E-state index < -0.39 is 10.0 Å². The first-order chi connectivity index (χ1) is 17.6. The Morgan fingerprint density at radius 3 is 2.11 bits per heavy atom. The first-order valence-electron chi connectivity index (χ1n) is 11.0. The molecule has 0 saturated heterocycles. The van der Waals surface area contributed by atoms with Crippen molar-refractivity contribution in [3.8, 4) is 5.69 Å². The fourth-order valence-electron chi connectivity index (χ4n) is 3.34. The molecular formula is C25H23Br2N5O3S2. The van der Waals surface area contributed by atoms with Crippen molar-refractivity contribution in [1.29, 1.82) is 0 Å². The summed E-state index contributed by atoms with van der Waals surface area (Å²) in [5, 5.41) is 12.3. The molecule has 0 aliphatic heterocycles. The summed E-state index contributed by atoms with van der Waals surface area (Å²) in [6.45, 7) is 0.137. The van der Waals surface area contributed by atoms with Gasteiger partial charge in [0, 0.05) is 40.0 Å². The molecular weight excluding hydrogens is 642 g/mol. The highest BCUT2D eigenvalue weighted by molar-refractivity contribution is 9.10. The Morgan fingerprint density at radius 1 is 0.919 bits per heavy atom. The summed E-state index contributed by atoms with van der Waals surface area (Å²) < 4.78 is 29.6. The molecule has 3 aromatic carbocycles. The highest BCUT2D eigenvalue weighted by Crippen LogP contribution is 2.27. The van der Waals surface area contributed by atoms with E-state index in [1.165, 1.54) is 38.4 Å². The van der Waals surface area contributed by atoms with E-state index in [2.05, 4.69) is 47.4 Å². The highest BCUT2D eigenvalue weighted by atomic mass is 79.9. The smallest absolute Gasteiger partial charge is 0.251 e. The summed E-state index contributed by atoms with van der Waals surface area (Å²) >= 11 is 8.47. The number of carbonyl (C=O) groups excluding carboxylic acids is 1. The van der Waals surface area contributed by atoms with E-state index in [9.17, 15) is 13.2 Å². The zero-order valence-electron chi connectivity index (χ0n) is 19.9. The Bertz CT molecular complexity index is 1490. The van der Waals surface area contributed by atoms with Gasteiger partial charge in [-0.1, -0.05) is 55.8 Å². The second-order valence-corrected chi connectivity index (χ2v) is 13.0. The molecule has 4 aromatic rings. The van der Waals surface area contributed by atoms with Gasteiger partial charge in [-0.05, 0) is 66.2 Å². The molecule has 1 amide bonds. The SMILES string of the molecule is CN(C)S(=O)(=O)c1ccc(C(=O)NCc2nnc(SCc3ccc(Br)cc3)n2-c2ccc(Br)cc2)cc1. The molecule has 1 aromatic heterocycles. The third-order valence-electron chi connectivity index (χ3n) is 5.37. The largest absolute Gasteiger partial charge is 0.345 e. The lowest BCUT2D eigenvalue weighted by atomic mass is 10.2. The van der Waals surface area contributed by atoms with Crippen molar-refractivity contribution in [2.24, 2.45) is 0 Å². The van der Waals surface area contributed by atoms with Crippen LogP contribution in [0.5, 0.6) is 0 Å². The predicted molar refractivity (Wildman–Crippen MR) is 151 cm³/mol. The van der Waals surface area contributed by atoms with Gasteiger partial charge >= 0.3 is 0 Å². The molecule has 192 valence electrons. The van der Waals surface area contributed by atoms with Crippen molar-refractivity contribution < 1.29 is 13.2 Å². The number of benzene rings is 3. The summed E-state index contributed by atoms with van der Waals surface area (Å²) in [5.41, 5.74) is 2.36. The standard InChI is InChI=1S/C25H23Br2N5O3S2/c1-31(2)37(34,35)22-13-5-18(6-14-22)24(33)28-15-23-29-30-25(32(23)21-11-9-20(27)10-12-21)36-16-17-3-7-19(26)8-4-17/h3-14H,15-16H2,1-2H3,(H,28,33). The fourth-order valence-corrected chi connectivity index (χ4v) is 5.69. The number of amides is 1. The Labute approximate surface area is 236 Å². The summed E-state index contributed by atoms with van der Waals surface area (Å²) in [4.78, 5) is 12.9. The van der Waals surface area contributed by atoms with Crippen LogP contribution in [0.4, 0.5) is 0 Å². The molecule has 8 nitrogen and oxygen atoms in total. The van der Waals surface area contributed by atoms with Crippen LogP contribution < -0.4 is 5.32 Å². The van der Waals surface area contributed by atoms with Gasteiger partial charge in [0.15, 0.2) is 11.0 Å². The number of hydrogen-bond donors (Lipinski definition) is 1. The van der Waals surface area contributed by atoms with Gasteiger partial charge in [0.2, 0.25) is 10.0 Å². The van der Waals surface area contributed by atoms with Gasteiger partial charge in [-0.3, -0.25) is 9.36 Å². The lowest BCUT2D eigenvalue weighted by Gasteiger charge is -2.12. The summed E-state index contributed by atoms with van der Waals surface area (Å²) in [7, 11) is -0.644. The number of halogens is 2. The van der Waals surface area contributed by atoms with E-state index >= 15 is 0 Å². The van der Waals surface area contributed by atoms with E-state index in [-0.39, 0.29) is 17.3 Å². The molecule has 0 aliphatic rings. The Hall–Kier alpha value is -2.51. The maximum absolute atomic E-state index is 12.8. The van der Waals surface area contributed by atoms with Gasteiger partial charge in [-0.15, -0.1) is 10.2 Å². The monoisotopic (exact) mass is 663 g/mol. The van der Waals surface area contributed by atoms with Crippen LogP contribution in [0.3, 0.4) is 0 Å². The number of aromatic nitrogens is 3. The number of carbonyl (C=O) groups is 1. The van der Waals surface area contributed by atoms with Crippen LogP contribution >= 0.6 is 43.6 Å². The van der Waals surface area contributed by atoms with E-state index in [0.29, 0.717) is 22.3 Å². The van der Waals surface area contributed by atoms with Gasteiger partial charge in [-0.2, -0.15) is 0 Å². The fraction of sp³-hybridized carbons (Fsp3) is 0.160. The average molecular weight is 665 g/mol.